The maximum Gasteiger partial charge on any atom is 0.411 e. The van der Waals surface area contributed by atoms with Crippen molar-refractivity contribution in [2.75, 3.05) is 19.0 Å². The average molecular weight is 287 g/mol. The van der Waals surface area contributed by atoms with Crippen LogP contribution < -0.4 is 14.8 Å². The van der Waals surface area contributed by atoms with Crippen molar-refractivity contribution in [1.29, 1.82) is 0 Å². The van der Waals surface area contributed by atoms with Crippen LogP contribution in [0.25, 0.3) is 0 Å². The highest BCUT2D eigenvalue weighted by molar-refractivity contribution is 5.84. The van der Waals surface area contributed by atoms with Gasteiger partial charge in [0.15, 0.2) is 11.5 Å². The third kappa shape index (κ3) is 4.14. The second-order valence-electron chi connectivity index (χ2n) is 4.12. The highest BCUT2D eigenvalue weighted by Crippen LogP contribution is 2.31. The molecule has 1 N–H and O–H groups in total. The molecule has 0 heterocycles. The fourth-order valence-electron chi connectivity index (χ4n) is 1.72. The first-order valence-electron chi connectivity index (χ1n) is 6.57. The zero-order valence-corrected chi connectivity index (χ0v) is 12.0. The molecule has 110 valence electrons. The highest BCUT2D eigenvalue weighted by atomic mass is 16.5. The zero-order chi connectivity index (χ0) is 15.1. The minimum Gasteiger partial charge on any atom is -0.493 e. The molecule has 21 heavy (non-hydrogen) atoms. The molecule has 0 fully saturated rings. The van der Waals surface area contributed by atoms with Crippen molar-refractivity contribution < 1.29 is 19.0 Å². The minimum absolute atomic E-state index is 0.334. The predicted octanol–water partition coefficient (Wildman–Crippen LogP) is 4.06. The van der Waals surface area contributed by atoms with Gasteiger partial charge in [0.25, 0.3) is 0 Å². The SMILES string of the molecule is CCOC(=O)Nc1ccc(Oc2ccccc2OC)cc1. The number of rotatable bonds is 5. The van der Waals surface area contributed by atoms with Gasteiger partial charge in [-0.25, -0.2) is 4.79 Å². The van der Waals surface area contributed by atoms with Crippen LogP contribution in [-0.4, -0.2) is 19.8 Å². The molecule has 0 radical (unpaired) electrons. The number of carbonyl (C=O) groups is 1. The second-order valence-corrected chi connectivity index (χ2v) is 4.12. The van der Waals surface area contributed by atoms with Gasteiger partial charge in [0, 0.05) is 5.69 Å². The Hall–Kier alpha value is -2.69. The third-order valence-electron chi connectivity index (χ3n) is 2.67. The molecular formula is C16H17NO4. The number of nitrogens with one attached hydrogen (secondary N) is 1. The van der Waals surface area contributed by atoms with E-state index >= 15 is 0 Å². The van der Waals surface area contributed by atoms with E-state index in [2.05, 4.69) is 5.32 Å². The molecule has 0 spiro atoms. The van der Waals surface area contributed by atoms with Gasteiger partial charge >= 0.3 is 6.09 Å². The van der Waals surface area contributed by atoms with Crippen LogP contribution in [0.4, 0.5) is 10.5 Å². The lowest BCUT2D eigenvalue weighted by Gasteiger charge is -2.10. The first-order valence-corrected chi connectivity index (χ1v) is 6.57. The van der Waals surface area contributed by atoms with Crippen LogP contribution in [0.5, 0.6) is 17.2 Å². The van der Waals surface area contributed by atoms with Gasteiger partial charge in [-0.15, -0.1) is 0 Å². The number of para-hydroxylation sites is 2. The number of hydrogen-bond donors (Lipinski definition) is 1. The number of carbonyl (C=O) groups excluding carboxylic acids is 1. The Morgan fingerprint density at radius 3 is 2.33 bits per heavy atom. The van der Waals surface area contributed by atoms with Gasteiger partial charge in [0.05, 0.1) is 13.7 Å². The Labute approximate surface area is 123 Å². The summed E-state index contributed by atoms with van der Waals surface area (Å²) >= 11 is 0. The average Bonchev–Trinajstić information content (AvgIpc) is 2.50. The Balaban J connectivity index is 2.04. The molecular weight excluding hydrogens is 270 g/mol. The molecule has 0 aliphatic heterocycles. The normalized spacial score (nSPS) is 9.81. The highest BCUT2D eigenvalue weighted by Gasteiger charge is 2.05. The summed E-state index contributed by atoms with van der Waals surface area (Å²) in [5.74, 6) is 1.94. The van der Waals surface area contributed by atoms with Crippen molar-refractivity contribution in [1.82, 2.24) is 0 Å². The summed E-state index contributed by atoms with van der Waals surface area (Å²) in [6, 6.07) is 14.4. The number of ether oxygens (including phenoxy) is 3. The molecule has 0 atom stereocenters. The van der Waals surface area contributed by atoms with Crippen molar-refractivity contribution in [3.8, 4) is 17.2 Å². The monoisotopic (exact) mass is 287 g/mol. The summed E-state index contributed by atoms with van der Waals surface area (Å²) in [7, 11) is 1.59. The fourth-order valence-corrected chi connectivity index (χ4v) is 1.72. The van der Waals surface area contributed by atoms with Crippen LogP contribution in [0.1, 0.15) is 6.92 Å². The van der Waals surface area contributed by atoms with E-state index in [0.29, 0.717) is 29.5 Å². The predicted molar refractivity (Wildman–Crippen MR) is 80.2 cm³/mol. The first-order chi connectivity index (χ1) is 10.2. The number of anilines is 1. The van der Waals surface area contributed by atoms with Crippen LogP contribution in [0.15, 0.2) is 48.5 Å². The standard InChI is InChI=1S/C16H17NO4/c1-3-20-16(18)17-12-8-10-13(11-9-12)21-15-7-5-4-6-14(15)19-2/h4-11H,3H2,1-2H3,(H,17,18). The van der Waals surface area contributed by atoms with Crippen molar-refractivity contribution in [3.63, 3.8) is 0 Å². The lowest BCUT2D eigenvalue weighted by atomic mass is 10.3. The van der Waals surface area contributed by atoms with Crippen LogP contribution in [0.3, 0.4) is 0 Å². The van der Waals surface area contributed by atoms with Crippen LogP contribution >= 0.6 is 0 Å². The quantitative estimate of drug-likeness (QED) is 0.901. The lowest BCUT2D eigenvalue weighted by molar-refractivity contribution is 0.168. The second kappa shape index (κ2) is 7.19. The van der Waals surface area contributed by atoms with Gasteiger partial charge in [0.1, 0.15) is 5.75 Å². The smallest absolute Gasteiger partial charge is 0.411 e. The molecule has 1 amide bonds. The molecule has 0 aromatic heterocycles. The van der Waals surface area contributed by atoms with E-state index in [1.807, 2.05) is 24.3 Å². The van der Waals surface area contributed by atoms with Crippen molar-refractivity contribution in [2.24, 2.45) is 0 Å². The summed E-state index contributed by atoms with van der Waals surface area (Å²) in [5, 5.41) is 2.62. The van der Waals surface area contributed by atoms with Gasteiger partial charge in [-0.2, -0.15) is 0 Å². The molecule has 0 unspecified atom stereocenters. The largest absolute Gasteiger partial charge is 0.493 e. The molecule has 2 rings (SSSR count). The summed E-state index contributed by atoms with van der Waals surface area (Å²) in [5.41, 5.74) is 0.640. The van der Waals surface area contributed by atoms with Gasteiger partial charge in [0.2, 0.25) is 0 Å². The Bertz CT molecular complexity index is 595. The molecule has 0 saturated heterocycles. The van der Waals surface area contributed by atoms with E-state index in [1.54, 1.807) is 38.3 Å². The lowest BCUT2D eigenvalue weighted by Crippen LogP contribution is -2.12. The van der Waals surface area contributed by atoms with Crippen molar-refractivity contribution in [3.05, 3.63) is 48.5 Å². The summed E-state index contributed by atoms with van der Waals surface area (Å²) in [4.78, 5) is 11.3. The molecule has 5 nitrogen and oxygen atoms in total. The van der Waals surface area contributed by atoms with E-state index in [1.165, 1.54) is 0 Å². The van der Waals surface area contributed by atoms with E-state index in [9.17, 15) is 4.79 Å². The third-order valence-corrected chi connectivity index (χ3v) is 2.67. The summed E-state index contributed by atoms with van der Waals surface area (Å²) in [6.45, 7) is 2.09. The van der Waals surface area contributed by atoms with Crippen molar-refractivity contribution in [2.45, 2.75) is 6.92 Å². The van der Waals surface area contributed by atoms with Crippen LogP contribution in [-0.2, 0) is 4.74 Å². The van der Waals surface area contributed by atoms with Crippen LogP contribution in [0.2, 0.25) is 0 Å². The molecule has 5 heteroatoms. The Morgan fingerprint density at radius 1 is 1.05 bits per heavy atom. The molecule has 0 aliphatic carbocycles. The number of methoxy groups -OCH3 is 1. The van der Waals surface area contributed by atoms with Gasteiger partial charge in [-0.1, -0.05) is 12.1 Å². The van der Waals surface area contributed by atoms with Gasteiger partial charge in [-0.05, 0) is 43.3 Å². The molecule has 0 aliphatic rings. The van der Waals surface area contributed by atoms with E-state index in [4.69, 9.17) is 14.2 Å². The van der Waals surface area contributed by atoms with E-state index in [0.717, 1.165) is 0 Å². The number of hydrogen-bond acceptors (Lipinski definition) is 4. The van der Waals surface area contributed by atoms with E-state index in [-0.39, 0.29) is 0 Å². The molecule has 2 aromatic rings. The topological polar surface area (TPSA) is 56.8 Å². The van der Waals surface area contributed by atoms with E-state index < -0.39 is 6.09 Å². The molecule has 2 aromatic carbocycles. The summed E-state index contributed by atoms with van der Waals surface area (Å²) < 4.78 is 15.8. The zero-order valence-electron chi connectivity index (χ0n) is 12.0. The summed E-state index contributed by atoms with van der Waals surface area (Å²) in [6.07, 6.45) is -0.476. The van der Waals surface area contributed by atoms with Crippen molar-refractivity contribution >= 4 is 11.8 Å². The number of amides is 1. The minimum atomic E-state index is -0.476. The van der Waals surface area contributed by atoms with Crippen LogP contribution in [0, 0.1) is 0 Å². The first kappa shape index (κ1) is 14.7. The Kier molecular flexibility index (Phi) is 5.04. The maximum atomic E-state index is 11.3. The van der Waals surface area contributed by atoms with Gasteiger partial charge < -0.3 is 14.2 Å². The fraction of sp³-hybridized carbons (Fsp3) is 0.188. The maximum absolute atomic E-state index is 11.3. The Morgan fingerprint density at radius 2 is 1.71 bits per heavy atom. The van der Waals surface area contributed by atoms with Gasteiger partial charge in [-0.3, -0.25) is 5.32 Å². The molecule has 0 bridgehead atoms. The number of benzene rings is 2. The molecule has 0 saturated carbocycles.